The molecule has 0 saturated heterocycles. The molecular weight excluding hydrogens is 182 g/mol. The normalized spacial score (nSPS) is 15.9. The molecule has 0 fully saturated rings. The van der Waals surface area contributed by atoms with Crippen LogP contribution in [0.1, 0.15) is 30.9 Å². The topological polar surface area (TPSA) is 3.24 Å². The van der Waals surface area contributed by atoms with Crippen LogP contribution in [-0.2, 0) is 12.8 Å². The minimum Gasteiger partial charge on any atom is -0.303 e. The van der Waals surface area contributed by atoms with Gasteiger partial charge in [-0.1, -0.05) is 37.6 Å². The molecule has 0 atom stereocenters. The van der Waals surface area contributed by atoms with E-state index in [9.17, 15) is 0 Å². The van der Waals surface area contributed by atoms with Crippen LogP contribution in [0.3, 0.4) is 0 Å². The molecule has 0 spiro atoms. The van der Waals surface area contributed by atoms with Crippen molar-refractivity contribution in [3.8, 4) is 0 Å². The molecule has 0 amide bonds. The van der Waals surface area contributed by atoms with Crippen LogP contribution in [0.4, 0.5) is 0 Å². The van der Waals surface area contributed by atoms with Gasteiger partial charge in [-0.2, -0.15) is 0 Å². The number of hydrogen-bond donors (Lipinski definition) is 0. The van der Waals surface area contributed by atoms with Gasteiger partial charge in [0.05, 0.1) is 0 Å². The van der Waals surface area contributed by atoms with E-state index in [1.54, 1.807) is 11.1 Å². The molecule has 15 heavy (non-hydrogen) atoms. The number of likely N-dealkylation sites (N-methyl/N-ethyl adjacent to an activating group) is 1. The van der Waals surface area contributed by atoms with Gasteiger partial charge in [-0.15, -0.1) is 0 Å². The van der Waals surface area contributed by atoms with Gasteiger partial charge in [-0.25, -0.2) is 0 Å². The number of nitrogens with zero attached hydrogens (tertiary/aromatic N) is 1. The smallest absolute Gasteiger partial charge is 0.0173 e. The summed E-state index contributed by atoms with van der Waals surface area (Å²) < 4.78 is 0. The lowest BCUT2D eigenvalue weighted by Crippen LogP contribution is -2.32. The van der Waals surface area contributed by atoms with Crippen LogP contribution in [0.5, 0.6) is 0 Å². The van der Waals surface area contributed by atoms with E-state index in [-0.39, 0.29) is 0 Å². The van der Waals surface area contributed by atoms with E-state index in [1.165, 1.54) is 32.2 Å². The minimum atomic E-state index is 0.744. The third-order valence-electron chi connectivity index (χ3n) is 3.52. The molecule has 0 bridgehead atoms. The van der Waals surface area contributed by atoms with E-state index >= 15 is 0 Å². The molecule has 2 rings (SSSR count). The zero-order chi connectivity index (χ0) is 10.7. The van der Waals surface area contributed by atoms with Crippen molar-refractivity contribution in [1.29, 1.82) is 0 Å². The zero-order valence-electron chi connectivity index (χ0n) is 9.87. The molecule has 0 saturated carbocycles. The van der Waals surface area contributed by atoms with Crippen molar-refractivity contribution in [2.45, 2.75) is 38.6 Å². The molecular formula is C14H21N. The number of fused-ring (bicyclic) bond motifs is 1. The van der Waals surface area contributed by atoms with Gasteiger partial charge in [-0.05, 0) is 44.0 Å². The van der Waals surface area contributed by atoms with E-state index < -0.39 is 0 Å². The van der Waals surface area contributed by atoms with E-state index in [4.69, 9.17) is 0 Å². The Balaban J connectivity index is 1.94. The average Bonchev–Trinajstić information content (AvgIpc) is 2.69. The monoisotopic (exact) mass is 203 g/mol. The molecule has 1 aliphatic rings. The number of hydrogen-bond acceptors (Lipinski definition) is 1. The lowest BCUT2D eigenvalue weighted by Gasteiger charge is -2.23. The second kappa shape index (κ2) is 4.80. The molecule has 82 valence electrons. The van der Waals surface area contributed by atoms with Crippen LogP contribution in [0.15, 0.2) is 24.3 Å². The van der Waals surface area contributed by atoms with Gasteiger partial charge in [0, 0.05) is 6.04 Å². The summed E-state index contributed by atoms with van der Waals surface area (Å²) >= 11 is 0. The zero-order valence-corrected chi connectivity index (χ0v) is 9.87. The van der Waals surface area contributed by atoms with Gasteiger partial charge in [0.15, 0.2) is 0 Å². The highest BCUT2D eigenvalue weighted by Crippen LogP contribution is 2.24. The maximum Gasteiger partial charge on any atom is 0.0173 e. The maximum absolute atomic E-state index is 2.53. The predicted molar refractivity (Wildman–Crippen MR) is 65.2 cm³/mol. The van der Waals surface area contributed by atoms with E-state index in [0.29, 0.717) is 0 Å². The number of unbranched alkanes of at least 4 members (excludes halogenated alkanes) is 1. The van der Waals surface area contributed by atoms with Crippen LogP contribution < -0.4 is 0 Å². The molecule has 1 aliphatic carbocycles. The molecule has 0 N–H and O–H groups in total. The summed E-state index contributed by atoms with van der Waals surface area (Å²) in [5, 5.41) is 0. The third kappa shape index (κ3) is 2.40. The van der Waals surface area contributed by atoms with Crippen LogP contribution in [0.25, 0.3) is 0 Å². The second-order valence-electron chi connectivity index (χ2n) is 4.66. The van der Waals surface area contributed by atoms with Crippen molar-refractivity contribution in [3.05, 3.63) is 35.4 Å². The van der Waals surface area contributed by atoms with E-state index in [0.717, 1.165) is 6.04 Å². The first-order valence-electron chi connectivity index (χ1n) is 6.08. The molecule has 0 aliphatic heterocycles. The van der Waals surface area contributed by atoms with Gasteiger partial charge in [0.2, 0.25) is 0 Å². The first-order valence-corrected chi connectivity index (χ1v) is 6.08. The van der Waals surface area contributed by atoms with Gasteiger partial charge in [-0.3, -0.25) is 0 Å². The van der Waals surface area contributed by atoms with Crippen molar-refractivity contribution in [2.75, 3.05) is 13.6 Å². The van der Waals surface area contributed by atoms with E-state index in [1.807, 2.05) is 0 Å². The Labute approximate surface area is 93.1 Å². The van der Waals surface area contributed by atoms with Crippen LogP contribution >= 0.6 is 0 Å². The first-order chi connectivity index (χ1) is 7.31. The van der Waals surface area contributed by atoms with Crippen molar-refractivity contribution in [2.24, 2.45) is 0 Å². The Morgan fingerprint density at radius 1 is 1.20 bits per heavy atom. The summed E-state index contributed by atoms with van der Waals surface area (Å²) in [4.78, 5) is 2.53. The fourth-order valence-corrected chi connectivity index (χ4v) is 2.44. The summed E-state index contributed by atoms with van der Waals surface area (Å²) in [6, 6.07) is 9.63. The predicted octanol–water partition coefficient (Wildman–Crippen LogP) is 2.89. The quantitative estimate of drug-likeness (QED) is 0.727. The number of rotatable bonds is 4. The molecule has 0 heterocycles. The fourth-order valence-electron chi connectivity index (χ4n) is 2.44. The highest BCUT2D eigenvalue weighted by molar-refractivity contribution is 5.33. The average molecular weight is 203 g/mol. The Kier molecular flexibility index (Phi) is 3.42. The lowest BCUT2D eigenvalue weighted by atomic mass is 10.1. The molecule has 0 radical (unpaired) electrons. The van der Waals surface area contributed by atoms with Crippen molar-refractivity contribution < 1.29 is 0 Å². The maximum atomic E-state index is 2.53. The van der Waals surface area contributed by atoms with Crippen molar-refractivity contribution in [3.63, 3.8) is 0 Å². The minimum absolute atomic E-state index is 0.744. The first kappa shape index (κ1) is 10.7. The van der Waals surface area contributed by atoms with Gasteiger partial charge >= 0.3 is 0 Å². The Bertz CT molecular complexity index is 294. The summed E-state index contributed by atoms with van der Waals surface area (Å²) in [6.45, 7) is 3.51. The lowest BCUT2D eigenvalue weighted by molar-refractivity contribution is 0.245. The van der Waals surface area contributed by atoms with Gasteiger partial charge < -0.3 is 4.90 Å². The standard InChI is InChI=1S/C14H21N/c1-3-4-9-15(2)14-10-12-7-5-6-8-13(12)11-14/h5-8,14H,3-4,9-11H2,1-2H3. The summed E-state index contributed by atoms with van der Waals surface area (Å²) in [5.74, 6) is 0. The van der Waals surface area contributed by atoms with Crippen LogP contribution in [0.2, 0.25) is 0 Å². The fraction of sp³-hybridized carbons (Fsp3) is 0.571. The van der Waals surface area contributed by atoms with Gasteiger partial charge in [0.1, 0.15) is 0 Å². The third-order valence-corrected chi connectivity index (χ3v) is 3.52. The second-order valence-corrected chi connectivity index (χ2v) is 4.66. The summed E-state index contributed by atoms with van der Waals surface area (Å²) in [6.07, 6.45) is 5.11. The van der Waals surface area contributed by atoms with Crippen LogP contribution in [-0.4, -0.2) is 24.5 Å². The van der Waals surface area contributed by atoms with Crippen LogP contribution in [0, 0.1) is 0 Å². The molecule has 1 aromatic rings. The summed E-state index contributed by atoms with van der Waals surface area (Å²) in [7, 11) is 2.27. The van der Waals surface area contributed by atoms with Crippen molar-refractivity contribution >= 4 is 0 Å². The highest BCUT2D eigenvalue weighted by Gasteiger charge is 2.23. The summed E-state index contributed by atoms with van der Waals surface area (Å²) in [5.41, 5.74) is 3.12. The Morgan fingerprint density at radius 2 is 1.80 bits per heavy atom. The SMILES string of the molecule is CCCCN(C)C1Cc2ccccc2C1. The van der Waals surface area contributed by atoms with E-state index in [2.05, 4.69) is 43.1 Å². The molecule has 0 aromatic heterocycles. The molecule has 1 nitrogen and oxygen atoms in total. The molecule has 0 unspecified atom stereocenters. The molecule has 1 heteroatoms. The Hall–Kier alpha value is -0.820. The largest absolute Gasteiger partial charge is 0.303 e. The van der Waals surface area contributed by atoms with Crippen molar-refractivity contribution in [1.82, 2.24) is 4.90 Å². The number of benzene rings is 1. The van der Waals surface area contributed by atoms with Gasteiger partial charge in [0.25, 0.3) is 0 Å². The Morgan fingerprint density at radius 3 is 2.33 bits per heavy atom. The molecule has 1 aromatic carbocycles. The highest BCUT2D eigenvalue weighted by atomic mass is 15.1.